The van der Waals surface area contributed by atoms with Gasteiger partial charge in [-0.15, -0.1) is 5.73 Å². The SMILES string of the molecule is C=C=C(c1ccccc1)C(C)(C)O. The van der Waals surface area contributed by atoms with Crippen LogP contribution in [0.1, 0.15) is 19.4 Å². The molecular formula is C12H14O. The van der Waals surface area contributed by atoms with Crippen LogP contribution in [0.5, 0.6) is 0 Å². The van der Waals surface area contributed by atoms with Crippen LogP contribution in [0.15, 0.2) is 42.6 Å². The largest absolute Gasteiger partial charge is 0.385 e. The fourth-order valence-corrected chi connectivity index (χ4v) is 1.28. The summed E-state index contributed by atoms with van der Waals surface area (Å²) in [6.45, 7) is 7.04. The zero-order valence-electron chi connectivity index (χ0n) is 8.04. The molecule has 0 bridgehead atoms. The average Bonchev–Trinajstić information content (AvgIpc) is 2.05. The minimum Gasteiger partial charge on any atom is -0.385 e. The highest BCUT2D eigenvalue weighted by atomic mass is 16.3. The molecule has 0 radical (unpaired) electrons. The van der Waals surface area contributed by atoms with Crippen molar-refractivity contribution < 1.29 is 5.11 Å². The maximum atomic E-state index is 9.79. The summed E-state index contributed by atoms with van der Waals surface area (Å²) in [7, 11) is 0. The number of hydrogen-bond donors (Lipinski definition) is 1. The molecule has 1 N–H and O–H groups in total. The molecule has 0 spiro atoms. The van der Waals surface area contributed by atoms with Crippen LogP contribution < -0.4 is 0 Å². The summed E-state index contributed by atoms with van der Waals surface area (Å²) < 4.78 is 0. The molecule has 0 aliphatic heterocycles. The van der Waals surface area contributed by atoms with Crippen LogP contribution >= 0.6 is 0 Å². The number of benzene rings is 1. The minimum atomic E-state index is -0.886. The van der Waals surface area contributed by atoms with Gasteiger partial charge in [-0.2, -0.15) is 0 Å². The van der Waals surface area contributed by atoms with E-state index >= 15 is 0 Å². The van der Waals surface area contributed by atoms with Crippen molar-refractivity contribution in [2.24, 2.45) is 0 Å². The topological polar surface area (TPSA) is 20.2 Å². The van der Waals surface area contributed by atoms with Crippen LogP contribution in [0.2, 0.25) is 0 Å². The van der Waals surface area contributed by atoms with Gasteiger partial charge in [0.1, 0.15) is 0 Å². The Bertz CT molecular complexity index is 324. The van der Waals surface area contributed by atoms with Crippen LogP contribution in [0.3, 0.4) is 0 Å². The second-order valence-electron chi connectivity index (χ2n) is 3.48. The predicted molar refractivity (Wildman–Crippen MR) is 55.3 cm³/mol. The molecule has 0 atom stereocenters. The van der Waals surface area contributed by atoms with Gasteiger partial charge in [-0.05, 0) is 19.4 Å². The zero-order valence-corrected chi connectivity index (χ0v) is 8.04. The Labute approximate surface area is 79.0 Å². The van der Waals surface area contributed by atoms with E-state index in [1.165, 1.54) is 0 Å². The van der Waals surface area contributed by atoms with Crippen LogP contribution in [-0.2, 0) is 0 Å². The van der Waals surface area contributed by atoms with Gasteiger partial charge in [0.2, 0.25) is 0 Å². The zero-order chi connectivity index (χ0) is 9.90. The van der Waals surface area contributed by atoms with E-state index in [1.807, 2.05) is 30.3 Å². The van der Waals surface area contributed by atoms with E-state index in [0.717, 1.165) is 11.1 Å². The normalized spacial score (nSPS) is 10.7. The van der Waals surface area contributed by atoms with Gasteiger partial charge in [-0.25, -0.2) is 0 Å². The molecule has 0 aromatic heterocycles. The van der Waals surface area contributed by atoms with E-state index in [0.29, 0.717) is 0 Å². The van der Waals surface area contributed by atoms with Crippen molar-refractivity contribution in [3.8, 4) is 0 Å². The van der Waals surface area contributed by atoms with Crippen molar-refractivity contribution in [3.63, 3.8) is 0 Å². The maximum Gasteiger partial charge on any atom is 0.0917 e. The highest BCUT2D eigenvalue weighted by molar-refractivity contribution is 5.70. The Morgan fingerprint density at radius 3 is 2.23 bits per heavy atom. The standard InChI is InChI=1S/C12H14O/c1-4-11(12(2,3)13)10-8-6-5-7-9-10/h5-9,13H,1H2,2-3H3. The first-order valence-electron chi connectivity index (χ1n) is 4.24. The van der Waals surface area contributed by atoms with Crippen LogP contribution in [-0.4, -0.2) is 10.7 Å². The Kier molecular flexibility index (Phi) is 2.72. The molecule has 0 aliphatic rings. The highest BCUT2D eigenvalue weighted by Crippen LogP contribution is 2.24. The van der Waals surface area contributed by atoms with Gasteiger partial charge in [0.05, 0.1) is 5.60 Å². The lowest BCUT2D eigenvalue weighted by Crippen LogP contribution is -2.20. The molecule has 68 valence electrons. The minimum absolute atomic E-state index is 0.730. The molecule has 0 amide bonds. The summed E-state index contributed by atoms with van der Waals surface area (Å²) >= 11 is 0. The molecule has 1 nitrogen and oxygen atoms in total. The van der Waals surface area contributed by atoms with Gasteiger partial charge in [0.25, 0.3) is 0 Å². The summed E-state index contributed by atoms with van der Waals surface area (Å²) in [5.74, 6) is 0. The second-order valence-corrected chi connectivity index (χ2v) is 3.48. The van der Waals surface area contributed by atoms with E-state index in [1.54, 1.807) is 13.8 Å². The lowest BCUT2D eigenvalue weighted by atomic mass is 9.92. The molecule has 1 aromatic rings. The smallest absolute Gasteiger partial charge is 0.0917 e. The fourth-order valence-electron chi connectivity index (χ4n) is 1.28. The summed E-state index contributed by atoms with van der Waals surface area (Å²) in [5.41, 5.74) is 3.58. The third-order valence-electron chi connectivity index (χ3n) is 1.85. The molecule has 0 saturated carbocycles. The molecule has 1 aromatic carbocycles. The van der Waals surface area contributed by atoms with Gasteiger partial charge in [0.15, 0.2) is 0 Å². The molecular weight excluding hydrogens is 160 g/mol. The van der Waals surface area contributed by atoms with E-state index in [9.17, 15) is 5.11 Å². The van der Waals surface area contributed by atoms with Gasteiger partial charge >= 0.3 is 0 Å². The lowest BCUT2D eigenvalue weighted by molar-refractivity contribution is 0.144. The molecule has 1 rings (SSSR count). The van der Waals surface area contributed by atoms with E-state index in [2.05, 4.69) is 12.3 Å². The summed E-state index contributed by atoms with van der Waals surface area (Å²) in [6.07, 6.45) is 0. The number of aliphatic hydroxyl groups is 1. The van der Waals surface area contributed by atoms with Gasteiger partial charge < -0.3 is 5.11 Å². The lowest BCUT2D eigenvalue weighted by Gasteiger charge is -2.19. The van der Waals surface area contributed by atoms with Crippen molar-refractivity contribution in [2.45, 2.75) is 19.4 Å². The van der Waals surface area contributed by atoms with Crippen molar-refractivity contribution in [3.05, 3.63) is 48.2 Å². The van der Waals surface area contributed by atoms with Crippen molar-refractivity contribution in [1.82, 2.24) is 0 Å². The van der Waals surface area contributed by atoms with E-state index in [4.69, 9.17) is 0 Å². The molecule has 0 heterocycles. The Hall–Kier alpha value is -1.30. The van der Waals surface area contributed by atoms with Gasteiger partial charge in [-0.3, -0.25) is 0 Å². The molecule has 13 heavy (non-hydrogen) atoms. The average molecular weight is 174 g/mol. The Morgan fingerprint density at radius 1 is 1.31 bits per heavy atom. The maximum absolute atomic E-state index is 9.79. The first-order chi connectivity index (χ1) is 6.05. The van der Waals surface area contributed by atoms with E-state index < -0.39 is 5.60 Å². The van der Waals surface area contributed by atoms with Crippen molar-refractivity contribution in [2.75, 3.05) is 0 Å². The number of rotatable bonds is 2. The third-order valence-corrected chi connectivity index (χ3v) is 1.85. The Morgan fingerprint density at radius 2 is 1.85 bits per heavy atom. The monoisotopic (exact) mass is 174 g/mol. The van der Waals surface area contributed by atoms with Gasteiger partial charge in [-0.1, -0.05) is 36.9 Å². The van der Waals surface area contributed by atoms with Gasteiger partial charge in [0, 0.05) is 5.57 Å². The highest BCUT2D eigenvalue weighted by Gasteiger charge is 2.19. The molecule has 0 fully saturated rings. The summed E-state index contributed by atoms with van der Waals surface area (Å²) in [4.78, 5) is 0. The van der Waals surface area contributed by atoms with Crippen molar-refractivity contribution in [1.29, 1.82) is 0 Å². The third kappa shape index (κ3) is 2.32. The van der Waals surface area contributed by atoms with Crippen LogP contribution in [0.4, 0.5) is 0 Å². The van der Waals surface area contributed by atoms with Crippen LogP contribution in [0, 0.1) is 0 Å². The molecule has 0 aliphatic carbocycles. The summed E-state index contributed by atoms with van der Waals surface area (Å²) in [5, 5.41) is 9.79. The van der Waals surface area contributed by atoms with Crippen LogP contribution in [0.25, 0.3) is 5.57 Å². The fraction of sp³-hybridized carbons (Fsp3) is 0.250. The van der Waals surface area contributed by atoms with Crippen molar-refractivity contribution >= 4 is 5.57 Å². The quantitative estimate of drug-likeness (QED) is 0.683. The molecule has 1 heteroatoms. The summed E-state index contributed by atoms with van der Waals surface area (Å²) in [6, 6.07) is 9.67. The Balaban J connectivity index is 3.15. The molecule has 0 saturated heterocycles. The number of hydrogen-bond acceptors (Lipinski definition) is 1. The predicted octanol–water partition coefficient (Wildman–Crippen LogP) is 2.63. The first kappa shape index (κ1) is 9.79. The van der Waals surface area contributed by atoms with E-state index in [-0.39, 0.29) is 0 Å². The molecule has 0 unspecified atom stereocenters. The first-order valence-corrected chi connectivity index (χ1v) is 4.24. The second kappa shape index (κ2) is 3.61.